The number of likely N-dealkylation sites (N-methyl/N-ethyl adjacent to an activating group) is 1. The molecule has 0 spiro atoms. The number of carboxylic acid groups (broad SMARTS) is 1. The zero-order valence-electron chi connectivity index (χ0n) is 11.9. The Morgan fingerprint density at radius 2 is 1.75 bits per heavy atom. The number of hydrogen-bond donors (Lipinski definition) is 2. The molecule has 0 aliphatic heterocycles. The van der Waals surface area contributed by atoms with E-state index in [4.69, 9.17) is 14.9 Å². The van der Waals surface area contributed by atoms with Gasteiger partial charge in [0.1, 0.15) is 24.8 Å². The van der Waals surface area contributed by atoms with E-state index in [1.807, 2.05) is 21.1 Å². The summed E-state index contributed by atoms with van der Waals surface area (Å²) >= 11 is 0. The lowest BCUT2D eigenvalue weighted by atomic mass is 10.1. The molecule has 20 heavy (non-hydrogen) atoms. The number of phenols is 1. The smallest absolute Gasteiger partial charge is 0.338 e. The highest BCUT2D eigenvalue weighted by atomic mass is 16.5. The highest BCUT2D eigenvalue weighted by molar-refractivity contribution is 5.89. The van der Waals surface area contributed by atoms with E-state index in [-0.39, 0.29) is 24.8 Å². The van der Waals surface area contributed by atoms with Crippen LogP contribution in [0.1, 0.15) is 16.8 Å². The first-order valence-electron chi connectivity index (χ1n) is 6.19. The summed E-state index contributed by atoms with van der Waals surface area (Å²) in [5.41, 5.74) is 0.318. The fraction of sp³-hybridized carbons (Fsp3) is 0.429. The molecule has 0 aliphatic rings. The summed E-state index contributed by atoms with van der Waals surface area (Å²) in [6, 6.07) is 5.37. The maximum Gasteiger partial charge on any atom is 0.338 e. The first-order chi connectivity index (χ1) is 9.20. The third kappa shape index (κ3) is 4.89. The second-order valence-electron chi connectivity index (χ2n) is 5.51. The minimum atomic E-state index is -0.927. The molecule has 0 saturated heterocycles. The number of aromatic hydroxyl groups is 1. The van der Waals surface area contributed by atoms with Crippen LogP contribution in [-0.4, -0.2) is 60.4 Å². The van der Waals surface area contributed by atoms with Crippen LogP contribution < -0.4 is 0 Å². The normalized spacial score (nSPS) is 12.8. The van der Waals surface area contributed by atoms with Gasteiger partial charge >= 0.3 is 11.9 Å². The second kappa shape index (κ2) is 6.38. The van der Waals surface area contributed by atoms with E-state index < -0.39 is 11.9 Å². The van der Waals surface area contributed by atoms with Crippen LogP contribution in [0.25, 0.3) is 0 Å². The lowest BCUT2D eigenvalue weighted by Crippen LogP contribution is -2.49. The maximum atomic E-state index is 11.8. The summed E-state index contributed by atoms with van der Waals surface area (Å²) in [7, 11) is 5.55. The molecule has 0 bridgehead atoms. The third-order valence-corrected chi connectivity index (χ3v) is 3.02. The number of carbonyl (C=O) groups excluding carboxylic acids is 1. The molecule has 0 fully saturated rings. The number of esters is 1. The predicted molar refractivity (Wildman–Crippen MR) is 72.5 cm³/mol. The van der Waals surface area contributed by atoms with Crippen LogP contribution in [0.2, 0.25) is 0 Å². The number of ether oxygens (including phenoxy) is 1. The van der Waals surface area contributed by atoms with Crippen LogP contribution >= 0.6 is 0 Å². The monoisotopic (exact) mass is 282 g/mol. The molecular formula is C14H20NO5+. The Balaban J connectivity index is 2.65. The number of phenolic OH excluding ortho intramolecular Hbond substituents is 1. The number of quaternary nitrogens is 1. The van der Waals surface area contributed by atoms with Gasteiger partial charge < -0.3 is 19.4 Å². The quantitative estimate of drug-likeness (QED) is 0.603. The molecule has 1 rings (SSSR count). The van der Waals surface area contributed by atoms with Gasteiger partial charge in [-0.05, 0) is 24.3 Å². The zero-order valence-corrected chi connectivity index (χ0v) is 11.9. The summed E-state index contributed by atoms with van der Waals surface area (Å²) in [5, 5.41) is 18.0. The van der Waals surface area contributed by atoms with Crippen LogP contribution in [0, 0.1) is 0 Å². The minimum Gasteiger partial charge on any atom is -0.508 e. The number of carboxylic acids is 1. The van der Waals surface area contributed by atoms with Gasteiger partial charge in [0.25, 0.3) is 0 Å². The summed E-state index contributed by atoms with van der Waals surface area (Å²) in [6.45, 7) is 0.0233. The van der Waals surface area contributed by atoms with E-state index >= 15 is 0 Å². The van der Waals surface area contributed by atoms with Crippen LogP contribution in [0.5, 0.6) is 5.75 Å². The molecule has 6 heteroatoms. The number of hydrogen-bond acceptors (Lipinski definition) is 4. The summed E-state index contributed by atoms with van der Waals surface area (Å²) in [6.07, 6.45) is -0.0770. The van der Waals surface area contributed by atoms with Crippen LogP contribution in [-0.2, 0) is 9.53 Å². The summed E-state index contributed by atoms with van der Waals surface area (Å²) in [4.78, 5) is 22.6. The molecule has 1 atom stereocenters. The van der Waals surface area contributed by atoms with Crippen LogP contribution in [0.15, 0.2) is 24.3 Å². The van der Waals surface area contributed by atoms with Crippen molar-refractivity contribution in [2.75, 3.05) is 27.7 Å². The molecule has 1 aromatic rings. The minimum absolute atomic E-state index is 0.0233. The lowest BCUT2D eigenvalue weighted by molar-refractivity contribution is -0.895. The van der Waals surface area contributed by atoms with Gasteiger partial charge in [-0.25, -0.2) is 4.79 Å². The first kappa shape index (κ1) is 16.0. The number of aliphatic carboxylic acids is 1. The molecular weight excluding hydrogens is 262 g/mol. The predicted octanol–water partition coefficient (Wildman–Crippen LogP) is 1.10. The fourth-order valence-corrected chi connectivity index (χ4v) is 1.61. The number of carbonyl (C=O) groups is 2. The molecule has 2 N–H and O–H groups in total. The van der Waals surface area contributed by atoms with Crippen molar-refractivity contribution in [3.63, 3.8) is 0 Å². The Kier molecular flexibility index (Phi) is 5.10. The van der Waals surface area contributed by atoms with Gasteiger partial charge in [-0.3, -0.25) is 4.79 Å². The molecule has 0 amide bonds. The molecule has 1 aromatic carbocycles. The maximum absolute atomic E-state index is 11.8. The number of nitrogens with zero attached hydrogens (tertiary/aromatic N) is 1. The lowest BCUT2D eigenvalue weighted by Gasteiger charge is -2.32. The average molecular weight is 282 g/mol. The number of benzene rings is 1. The van der Waals surface area contributed by atoms with E-state index in [0.29, 0.717) is 10.0 Å². The molecule has 0 saturated carbocycles. The molecule has 0 unspecified atom stereocenters. The van der Waals surface area contributed by atoms with E-state index in [1.54, 1.807) is 0 Å². The van der Waals surface area contributed by atoms with Crippen molar-refractivity contribution in [3.8, 4) is 5.75 Å². The van der Waals surface area contributed by atoms with Crippen LogP contribution in [0.4, 0.5) is 0 Å². The van der Waals surface area contributed by atoms with Crippen LogP contribution in [0.3, 0.4) is 0 Å². The Morgan fingerprint density at radius 1 is 1.20 bits per heavy atom. The Bertz CT molecular complexity index is 475. The second-order valence-corrected chi connectivity index (χ2v) is 5.51. The van der Waals surface area contributed by atoms with E-state index in [0.717, 1.165) is 0 Å². The van der Waals surface area contributed by atoms with Crippen molar-refractivity contribution in [1.29, 1.82) is 0 Å². The zero-order chi connectivity index (χ0) is 15.3. The van der Waals surface area contributed by atoms with Crippen molar-refractivity contribution in [3.05, 3.63) is 29.8 Å². The summed E-state index contributed by atoms with van der Waals surface area (Å²) in [5.74, 6) is -1.39. The molecule has 0 heterocycles. The van der Waals surface area contributed by atoms with Gasteiger partial charge in [-0.15, -0.1) is 0 Å². The molecule has 110 valence electrons. The van der Waals surface area contributed by atoms with E-state index in [2.05, 4.69) is 0 Å². The number of rotatable bonds is 6. The van der Waals surface area contributed by atoms with Gasteiger partial charge in [0, 0.05) is 0 Å². The van der Waals surface area contributed by atoms with Crippen molar-refractivity contribution in [2.45, 2.75) is 12.5 Å². The molecule has 0 aromatic heterocycles. The van der Waals surface area contributed by atoms with Crippen molar-refractivity contribution in [1.82, 2.24) is 0 Å². The highest BCUT2D eigenvalue weighted by Crippen LogP contribution is 2.13. The summed E-state index contributed by atoms with van der Waals surface area (Å²) < 4.78 is 5.54. The Hall–Kier alpha value is -2.08. The van der Waals surface area contributed by atoms with Crippen molar-refractivity contribution < 1.29 is 29.0 Å². The molecule has 0 radical (unpaired) electrons. The van der Waals surface area contributed by atoms with E-state index in [1.165, 1.54) is 24.3 Å². The Labute approximate surface area is 117 Å². The van der Waals surface area contributed by atoms with Gasteiger partial charge in [0.2, 0.25) is 0 Å². The van der Waals surface area contributed by atoms with Crippen molar-refractivity contribution >= 4 is 11.9 Å². The Morgan fingerprint density at radius 3 is 2.20 bits per heavy atom. The fourth-order valence-electron chi connectivity index (χ4n) is 1.61. The highest BCUT2D eigenvalue weighted by Gasteiger charge is 2.28. The van der Waals surface area contributed by atoms with Gasteiger partial charge in [-0.2, -0.15) is 0 Å². The molecule has 0 aliphatic carbocycles. The first-order valence-corrected chi connectivity index (χ1v) is 6.19. The molecule has 6 nitrogen and oxygen atoms in total. The largest absolute Gasteiger partial charge is 0.508 e. The SMILES string of the molecule is C[N+](C)(C)[C@H](COC(=O)c1ccc(O)cc1)CC(=O)O. The van der Waals surface area contributed by atoms with Gasteiger partial charge in [0.05, 0.1) is 26.7 Å². The average Bonchev–Trinajstić information content (AvgIpc) is 2.33. The van der Waals surface area contributed by atoms with E-state index in [9.17, 15) is 9.59 Å². The van der Waals surface area contributed by atoms with Crippen molar-refractivity contribution in [2.24, 2.45) is 0 Å². The topological polar surface area (TPSA) is 83.8 Å². The third-order valence-electron chi connectivity index (χ3n) is 3.02. The van der Waals surface area contributed by atoms with Gasteiger partial charge in [-0.1, -0.05) is 0 Å². The van der Waals surface area contributed by atoms with Gasteiger partial charge in [0.15, 0.2) is 0 Å². The standard InChI is InChI=1S/C14H19NO5/c1-15(2,3)11(8-13(17)18)9-20-14(19)10-4-6-12(16)7-5-10/h4-7,11H,8-9H2,1-3H3,(H-,16,17,18,19)/p+1/t11-/m0/s1.